The van der Waals surface area contributed by atoms with Crippen molar-refractivity contribution < 1.29 is 4.79 Å². The third-order valence-electron chi connectivity index (χ3n) is 3.17. The second-order valence-corrected chi connectivity index (χ2v) is 6.16. The van der Waals surface area contributed by atoms with Crippen molar-refractivity contribution in [1.29, 1.82) is 0 Å². The summed E-state index contributed by atoms with van der Waals surface area (Å²) in [5.41, 5.74) is 5.58. The van der Waals surface area contributed by atoms with Gasteiger partial charge in [-0.25, -0.2) is 0 Å². The molecule has 0 saturated carbocycles. The molecule has 1 unspecified atom stereocenters. The molecule has 1 aromatic heterocycles. The number of hydrogen-bond donors (Lipinski definition) is 1. The van der Waals surface area contributed by atoms with Crippen LogP contribution in [0.25, 0.3) is 0 Å². The minimum atomic E-state index is 0. The van der Waals surface area contributed by atoms with Crippen LogP contribution in [0.15, 0.2) is 12.1 Å². The fraction of sp³-hybridized carbons (Fsp3) is 0.583. The third-order valence-corrected chi connectivity index (χ3v) is 4.38. The van der Waals surface area contributed by atoms with Gasteiger partial charge in [0.25, 0.3) is 5.91 Å². The van der Waals surface area contributed by atoms with Crippen molar-refractivity contribution in [2.75, 3.05) is 19.6 Å². The quantitative estimate of drug-likeness (QED) is 0.933. The van der Waals surface area contributed by atoms with E-state index < -0.39 is 0 Å². The summed E-state index contributed by atoms with van der Waals surface area (Å²) in [5, 5.41) is 0. The second kappa shape index (κ2) is 7.34. The molecule has 0 aromatic carbocycles. The number of carbonyl (C=O) groups excluding carboxylic acids is 1. The number of thiophene rings is 1. The van der Waals surface area contributed by atoms with Gasteiger partial charge in [-0.1, -0.05) is 11.6 Å². The fourth-order valence-electron chi connectivity index (χ4n) is 2.31. The smallest absolute Gasteiger partial charge is 0.263 e. The molecule has 0 aliphatic carbocycles. The number of carbonyl (C=O) groups is 1. The lowest BCUT2D eigenvalue weighted by Gasteiger charge is -2.32. The van der Waals surface area contributed by atoms with Crippen molar-refractivity contribution in [2.24, 2.45) is 11.7 Å². The molecule has 1 aliphatic heterocycles. The fourth-order valence-corrected chi connectivity index (χ4v) is 3.32. The Labute approximate surface area is 123 Å². The number of nitrogens with two attached hydrogens (primary N) is 1. The highest BCUT2D eigenvalue weighted by atomic mass is 35.5. The van der Waals surface area contributed by atoms with Gasteiger partial charge in [0, 0.05) is 13.1 Å². The van der Waals surface area contributed by atoms with Crippen LogP contribution in [0.4, 0.5) is 0 Å². The average molecular weight is 309 g/mol. The van der Waals surface area contributed by atoms with E-state index in [9.17, 15) is 4.79 Å². The zero-order chi connectivity index (χ0) is 12.3. The minimum Gasteiger partial charge on any atom is -0.338 e. The first-order valence-corrected chi connectivity index (χ1v) is 7.15. The van der Waals surface area contributed by atoms with E-state index in [2.05, 4.69) is 0 Å². The molecule has 1 aromatic rings. The highest BCUT2D eigenvalue weighted by molar-refractivity contribution is 7.17. The largest absolute Gasteiger partial charge is 0.338 e. The molecule has 102 valence electrons. The maximum absolute atomic E-state index is 12.2. The van der Waals surface area contributed by atoms with Gasteiger partial charge >= 0.3 is 0 Å². The van der Waals surface area contributed by atoms with Gasteiger partial charge in [-0.3, -0.25) is 4.79 Å². The van der Waals surface area contributed by atoms with Gasteiger partial charge in [0.15, 0.2) is 0 Å². The van der Waals surface area contributed by atoms with Gasteiger partial charge in [-0.05, 0) is 43.9 Å². The molecule has 1 atom stereocenters. The zero-order valence-electron chi connectivity index (χ0n) is 10.1. The van der Waals surface area contributed by atoms with Crippen molar-refractivity contribution in [1.82, 2.24) is 4.90 Å². The molecule has 1 amide bonds. The molecule has 0 bridgehead atoms. The molecule has 2 heterocycles. The zero-order valence-corrected chi connectivity index (χ0v) is 12.5. The standard InChI is InChI=1S/C12H17ClN2OS.ClH/c13-11-4-3-10(17-11)12(16)15-7-1-2-9(8-15)5-6-14;/h3-4,9H,1-2,5-8,14H2;1H. The Morgan fingerprint density at radius 1 is 1.56 bits per heavy atom. The minimum absolute atomic E-state index is 0. The Balaban J connectivity index is 0.00000162. The summed E-state index contributed by atoms with van der Waals surface area (Å²) in [6, 6.07) is 3.59. The summed E-state index contributed by atoms with van der Waals surface area (Å²) < 4.78 is 0.670. The summed E-state index contributed by atoms with van der Waals surface area (Å²) in [5.74, 6) is 0.678. The Hall–Kier alpha value is -0.290. The highest BCUT2D eigenvalue weighted by Gasteiger charge is 2.24. The number of amides is 1. The molecule has 1 saturated heterocycles. The first kappa shape index (κ1) is 15.8. The van der Waals surface area contributed by atoms with Crippen LogP contribution in [0.3, 0.4) is 0 Å². The van der Waals surface area contributed by atoms with Crippen LogP contribution in [0.2, 0.25) is 4.34 Å². The lowest BCUT2D eigenvalue weighted by atomic mass is 9.95. The molecule has 0 spiro atoms. The number of likely N-dealkylation sites (tertiary alicyclic amines) is 1. The number of halogens is 2. The predicted molar refractivity (Wildman–Crippen MR) is 78.9 cm³/mol. The van der Waals surface area contributed by atoms with Crippen molar-refractivity contribution in [2.45, 2.75) is 19.3 Å². The number of rotatable bonds is 3. The Morgan fingerprint density at radius 3 is 2.94 bits per heavy atom. The first-order chi connectivity index (χ1) is 8.20. The van der Waals surface area contributed by atoms with Gasteiger partial charge in [-0.2, -0.15) is 0 Å². The van der Waals surface area contributed by atoms with Crippen LogP contribution >= 0.6 is 35.3 Å². The SMILES string of the molecule is Cl.NCCC1CCCN(C(=O)c2ccc(Cl)s2)C1. The lowest BCUT2D eigenvalue weighted by Crippen LogP contribution is -2.40. The van der Waals surface area contributed by atoms with Crippen LogP contribution in [0, 0.1) is 5.92 Å². The number of hydrogen-bond acceptors (Lipinski definition) is 3. The van der Waals surface area contributed by atoms with Gasteiger partial charge < -0.3 is 10.6 Å². The topological polar surface area (TPSA) is 46.3 Å². The van der Waals surface area contributed by atoms with Crippen molar-refractivity contribution in [3.8, 4) is 0 Å². The number of piperidine rings is 1. The Morgan fingerprint density at radius 2 is 2.33 bits per heavy atom. The van der Waals surface area contributed by atoms with Crippen molar-refractivity contribution in [3.63, 3.8) is 0 Å². The average Bonchev–Trinajstić information content (AvgIpc) is 2.76. The van der Waals surface area contributed by atoms with Gasteiger partial charge in [0.1, 0.15) is 0 Å². The van der Waals surface area contributed by atoms with E-state index in [4.69, 9.17) is 17.3 Å². The van der Waals surface area contributed by atoms with Gasteiger partial charge in [0.2, 0.25) is 0 Å². The summed E-state index contributed by atoms with van der Waals surface area (Å²) in [7, 11) is 0. The van der Waals surface area contributed by atoms with Crippen LogP contribution < -0.4 is 5.73 Å². The molecular formula is C12H18Cl2N2OS. The van der Waals surface area contributed by atoms with Crippen molar-refractivity contribution >= 4 is 41.3 Å². The van der Waals surface area contributed by atoms with Crippen LogP contribution in [0.1, 0.15) is 28.9 Å². The maximum Gasteiger partial charge on any atom is 0.263 e. The van der Waals surface area contributed by atoms with E-state index in [-0.39, 0.29) is 18.3 Å². The molecule has 0 radical (unpaired) electrons. The van der Waals surface area contributed by atoms with E-state index in [1.165, 1.54) is 17.8 Å². The molecular weight excluding hydrogens is 291 g/mol. The summed E-state index contributed by atoms with van der Waals surface area (Å²) in [6.45, 7) is 2.40. The lowest BCUT2D eigenvalue weighted by molar-refractivity contribution is 0.0674. The predicted octanol–water partition coefficient (Wildman–Crippen LogP) is 3.02. The Bertz CT molecular complexity index is 395. The molecule has 18 heavy (non-hydrogen) atoms. The molecule has 2 N–H and O–H groups in total. The van der Waals surface area contributed by atoms with Crippen molar-refractivity contribution in [3.05, 3.63) is 21.3 Å². The molecule has 6 heteroatoms. The molecule has 3 nitrogen and oxygen atoms in total. The third kappa shape index (κ3) is 3.85. The monoisotopic (exact) mass is 308 g/mol. The van der Waals surface area contributed by atoms with Gasteiger partial charge in [0.05, 0.1) is 9.21 Å². The second-order valence-electron chi connectivity index (χ2n) is 4.44. The summed E-state index contributed by atoms with van der Waals surface area (Å²) in [4.78, 5) is 14.9. The Kier molecular flexibility index (Phi) is 6.43. The molecule has 1 fully saturated rings. The van der Waals surface area contributed by atoms with E-state index in [1.54, 1.807) is 6.07 Å². The van der Waals surface area contributed by atoms with Crippen LogP contribution in [-0.4, -0.2) is 30.4 Å². The van der Waals surface area contributed by atoms with Gasteiger partial charge in [-0.15, -0.1) is 23.7 Å². The normalized spacial score (nSPS) is 19.4. The summed E-state index contributed by atoms with van der Waals surface area (Å²) >= 11 is 7.21. The number of nitrogens with zero attached hydrogens (tertiary/aromatic N) is 1. The van der Waals surface area contributed by atoms with E-state index in [0.29, 0.717) is 16.8 Å². The van der Waals surface area contributed by atoms with Crippen LogP contribution in [-0.2, 0) is 0 Å². The van der Waals surface area contributed by atoms with E-state index in [0.717, 1.165) is 30.8 Å². The molecule has 2 rings (SSSR count). The first-order valence-electron chi connectivity index (χ1n) is 5.95. The summed E-state index contributed by atoms with van der Waals surface area (Å²) in [6.07, 6.45) is 3.27. The van der Waals surface area contributed by atoms with E-state index >= 15 is 0 Å². The maximum atomic E-state index is 12.2. The highest BCUT2D eigenvalue weighted by Crippen LogP contribution is 2.25. The molecule has 1 aliphatic rings. The van der Waals surface area contributed by atoms with E-state index in [1.807, 2.05) is 11.0 Å². The van der Waals surface area contributed by atoms with Crippen LogP contribution in [0.5, 0.6) is 0 Å².